The lowest BCUT2D eigenvalue weighted by Crippen LogP contribution is -2.51. The third kappa shape index (κ3) is 8.84. The minimum Gasteiger partial charge on any atom is -0.458 e. The lowest BCUT2D eigenvalue weighted by molar-refractivity contribution is -0.172. The molecule has 9 rings (SSSR count). The lowest BCUT2D eigenvalue weighted by Gasteiger charge is -2.31. The number of ether oxygens (including phenoxy) is 3. The number of pyridine rings is 2. The Morgan fingerprint density at radius 2 is 1.70 bits per heavy atom. The van der Waals surface area contributed by atoms with Crippen LogP contribution in [0.1, 0.15) is 110 Å². The molecule has 360 valence electrons. The van der Waals surface area contributed by atoms with Crippen LogP contribution in [0.3, 0.4) is 0 Å². The largest absolute Gasteiger partial charge is 0.458 e. The number of amides is 4. The molecule has 0 spiro atoms. The summed E-state index contributed by atoms with van der Waals surface area (Å²) in [5.74, 6) is -2.89. The summed E-state index contributed by atoms with van der Waals surface area (Å²) in [6.45, 7) is 8.28. The van der Waals surface area contributed by atoms with Crippen molar-refractivity contribution in [2.45, 2.75) is 109 Å². The van der Waals surface area contributed by atoms with E-state index >= 15 is 4.39 Å². The molecule has 0 unspecified atom stereocenters. The van der Waals surface area contributed by atoms with Crippen molar-refractivity contribution < 1.29 is 47.7 Å². The summed E-state index contributed by atoms with van der Waals surface area (Å²) in [5.41, 5.74) is 5.01. The highest BCUT2D eigenvalue weighted by Gasteiger charge is 2.46. The van der Waals surface area contributed by atoms with Gasteiger partial charge in [0.2, 0.25) is 17.7 Å². The first-order valence-corrected chi connectivity index (χ1v) is 23.4. The third-order valence-electron chi connectivity index (χ3n) is 13.7. The van der Waals surface area contributed by atoms with Crippen molar-refractivity contribution in [1.82, 2.24) is 30.8 Å². The highest BCUT2D eigenvalue weighted by Crippen LogP contribution is 2.47. The number of halogens is 1. The molecule has 0 radical (unpaired) electrons. The quantitative estimate of drug-likeness (QED) is 0.0692. The fourth-order valence-corrected chi connectivity index (χ4v) is 10.1. The number of carbonyl (C=O) groups excluding carboxylic acids is 5. The molecule has 2 aromatic heterocycles. The number of hydrogen-bond acceptors (Lipinski definition) is 11. The minimum absolute atomic E-state index is 0.0363. The van der Waals surface area contributed by atoms with E-state index in [-0.39, 0.29) is 75.8 Å². The predicted octanol–water partition coefficient (Wildman–Crippen LogP) is 5.37. The normalized spacial score (nSPS) is 18.0. The summed E-state index contributed by atoms with van der Waals surface area (Å²) in [5, 5.41) is 23.2. The summed E-state index contributed by atoms with van der Waals surface area (Å²) in [6.07, 6.45) is 0.195. The molecule has 3 atom stereocenters. The summed E-state index contributed by atoms with van der Waals surface area (Å²) >= 11 is 0. The number of aliphatic hydroxyl groups is 1. The number of rotatable bonds is 14. The fraction of sp³-hybridized carbons (Fsp3) is 0.404. The van der Waals surface area contributed by atoms with E-state index in [1.807, 2.05) is 69.3 Å². The molecule has 2 aliphatic carbocycles. The van der Waals surface area contributed by atoms with Crippen molar-refractivity contribution in [3.8, 4) is 22.5 Å². The fourth-order valence-electron chi connectivity index (χ4n) is 10.1. The smallest absolute Gasteiger partial charge is 0.407 e. The molecule has 4 heterocycles. The number of esters is 1. The molecule has 4 amide bonds. The van der Waals surface area contributed by atoms with Gasteiger partial charge in [-0.25, -0.2) is 19.0 Å². The first kappa shape index (κ1) is 47.1. The number of nitrogens with zero attached hydrogens (tertiary/aromatic N) is 2. The maximum atomic E-state index is 15.5. The summed E-state index contributed by atoms with van der Waals surface area (Å²) in [6, 6.07) is 17.1. The zero-order valence-corrected chi connectivity index (χ0v) is 39.2. The van der Waals surface area contributed by atoms with Crippen LogP contribution in [0.25, 0.3) is 33.4 Å². The molecule has 0 bridgehead atoms. The van der Waals surface area contributed by atoms with Crippen molar-refractivity contribution in [3.05, 3.63) is 121 Å². The Bertz CT molecular complexity index is 2970. The van der Waals surface area contributed by atoms with Crippen LogP contribution in [0.2, 0.25) is 0 Å². The van der Waals surface area contributed by atoms with Gasteiger partial charge in [-0.1, -0.05) is 55.5 Å². The Kier molecular flexibility index (Phi) is 12.6. The molecule has 0 saturated heterocycles. The third-order valence-corrected chi connectivity index (χ3v) is 13.7. The summed E-state index contributed by atoms with van der Waals surface area (Å²) < 4.78 is 33.8. The zero-order valence-electron chi connectivity index (χ0n) is 39.2. The molecule has 5 N–H and O–H groups in total. The van der Waals surface area contributed by atoms with Crippen LogP contribution < -0.4 is 26.8 Å². The van der Waals surface area contributed by atoms with Crippen LogP contribution >= 0.6 is 0 Å². The van der Waals surface area contributed by atoms with E-state index in [2.05, 4.69) is 21.3 Å². The highest BCUT2D eigenvalue weighted by molar-refractivity contribution is 5.95. The number of carbonyl (C=O) groups is 5. The molecular weight excluding hydrogens is 888 g/mol. The Labute approximate surface area is 397 Å². The van der Waals surface area contributed by atoms with Gasteiger partial charge in [0.15, 0.2) is 5.60 Å². The van der Waals surface area contributed by atoms with E-state index in [0.717, 1.165) is 27.8 Å². The SMILES string of the molecule is CC[C@@]1(O)C(=O)OCc2c1cc1n(c2=O)Cc2c-1nc1cc(F)c(C)c3c1c2[C@@H](NC(=O)[C@H](COC(C)(C)C)NC(=O)CCCNC(=O)CNC(=O)OCC1c2ccccc2-c2ccccc21)CC3. The molecule has 16 nitrogen and oxygen atoms in total. The van der Waals surface area contributed by atoms with Gasteiger partial charge >= 0.3 is 12.1 Å². The molecule has 3 aromatic carbocycles. The number of aromatic nitrogens is 2. The lowest BCUT2D eigenvalue weighted by atomic mass is 9.81. The maximum absolute atomic E-state index is 15.5. The Morgan fingerprint density at radius 1 is 0.986 bits per heavy atom. The standard InChI is InChI=1S/C52H55FN6O10/c1-6-52(66)36-20-41-46-33(23-59(41)48(63)35(36)25-67-49(52)64)45-38(18-17-28-27(2)37(53)21-39(57-46)44(28)45)58-47(62)40(26-69-51(3,4)5)56-42(60)16-11-19-54-43(61)22-55-50(65)68-24-34-31-14-9-7-12-29(31)30-13-8-10-15-32(30)34/h7-10,12-15,20-21,34,38,40,66H,6,11,16-19,22-26H2,1-5H3,(H,54,61)(H,55,65)(H,56,60)(H,58,62)/t38-,40-,52-/m0/s1. The van der Waals surface area contributed by atoms with Gasteiger partial charge in [-0.15, -0.1) is 0 Å². The molecule has 2 aliphatic heterocycles. The van der Waals surface area contributed by atoms with Crippen molar-refractivity contribution in [3.63, 3.8) is 0 Å². The van der Waals surface area contributed by atoms with Crippen molar-refractivity contribution in [2.75, 3.05) is 26.3 Å². The van der Waals surface area contributed by atoms with E-state index in [1.54, 1.807) is 19.9 Å². The van der Waals surface area contributed by atoms with E-state index < -0.39 is 64.4 Å². The van der Waals surface area contributed by atoms with Crippen LogP contribution in [0.15, 0.2) is 65.5 Å². The van der Waals surface area contributed by atoms with Crippen LogP contribution in [-0.2, 0) is 58.6 Å². The number of aryl methyl sites for hydroxylation is 1. The number of fused-ring (bicyclic) bond motifs is 8. The van der Waals surface area contributed by atoms with Gasteiger partial charge in [-0.2, -0.15) is 0 Å². The first-order valence-electron chi connectivity index (χ1n) is 23.4. The van der Waals surface area contributed by atoms with Crippen LogP contribution in [0.4, 0.5) is 9.18 Å². The van der Waals surface area contributed by atoms with Crippen molar-refractivity contribution in [1.29, 1.82) is 0 Å². The van der Waals surface area contributed by atoms with Crippen molar-refractivity contribution >= 4 is 40.7 Å². The second kappa shape index (κ2) is 18.5. The van der Waals surface area contributed by atoms with Crippen LogP contribution in [0, 0.1) is 12.7 Å². The predicted molar refractivity (Wildman–Crippen MR) is 251 cm³/mol. The van der Waals surface area contributed by atoms with Gasteiger partial charge in [0, 0.05) is 41.5 Å². The molecule has 0 saturated carbocycles. The zero-order chi connectivity index (χ0) is 48.9. The van der Waals surface area contributed by atoms with E-state index in [4.69, 9.17) is 19.2 Å². The average molecular weight is 943 g/mol. The molecular formula is C52H55FN6O10. The van der Waals surface area contributed by atoms with Crippen molar-refractivity contribution in [2.24, 2.45) is 0 Å². The highest BCUT2D eigenvalue weighted by atomic mass is 19.1. The second-order valence-electron chi connectivity index (χ2n) is 19.1. The Hall–Kier alpha value is -6.98. The number of alkyl carbamates (subject to hydrolysis) is 1. The molecule has 17 heteroatoms. The number of hydrogen-bond donors (Lipinski definition) is 5. The second-order valence-corrected chi connectivity index (χ2v) is 19.1. The summed E-state index contributed by atoms with van der Waals surface area (Å²) in [7, 11) is 0. The molecule has 69 heavy (non-hydrogen) atoms. The number of cyclic esters (lactones) is 1. The van der Waals surface area contributed by atoms with Crippen LogP contribution in [0.5, 0.6) is 0 Å². The summed E-state index contributed by atoms with van der Waals surface area (Å²) in [4.78, 5) is 84.8. The van der Waals surface area contributed by atoms with E-state index in [9.17, 15) is 33.9 Å². The number of benzene rings is 3. The monoisotopic (exact) mass is 942 g/mol. The van der Waals surface area contributed by atoms with E-state index in [1.165, 1.54) is 10.6 Å². The van der Waals surface area contributed by atoms with Gasteiger partial charge in [-0.05, 0) is 98.4 Å². The van der Waals surface area contributed by atoms with Gasteiger partial charge in [0.1, 0.15) is 25.1 Å². The topological polar surface area (TPSA) is 216 Å². The molecule has 5 aromatic rings. The Morgan fingerprint density at radius 3 is 2.39 bits per heavy atom. The maximum Gasteiger partial charge on any atom is 0.407 e. The van der Waals surface area contributed by atoms with Gasteiger partial charge in [0.25, 0.3) is 5.56 Å². The van der Waals surface area contributed by atoms with Crippen LogP contribution in [-0.4, -0.2) is 82.4 Å². The number of nitrogens with one attached hydrogen (secondary N) is 4. The van der Waals surface area contributed by atoms with E-state index in [0.29, 0.717) is 51.8 Å². The first-order chi connectivity index (χ1) is 33.0. The average Bonchev–Trinajstić information content (AvgIpc) is 3.86. The minimum atomic E-state index is -2.04. The Balaban J connectivity index is 0.847. The molecule has 4 aliphatic rings. The molecule has 0 fully saturated rings. The van der Waals surface area contributed by atoms with Gasteiger partial charge in [0.05, 0.1) is 53.8 Å². The van der Waals surface area contributed by atoms with Gasteiger partial charge in [-0.3, -0.25) is 19.2 Å². The van der Waals surface area contributed by atoms with Gasteiger partial charge < -0.3 is 45.2 Å².